The zero-order valence-electron chi connectivity index (χ0n) is 12.3. The molecule has 0 aliphatic carbocycles. The summed E-state index contributed by atoms with van der Waals surface area (Å²) in [6.45, 7) is 6.48. The van der Waals surface area contributed by atoms with Crippen LogP contribution in [0, 0.1) is 0 Å². The topological polar surface area (TPSA) is 12.0 Å². The van der Waals surface area contributed by atoms with Crippen LogP contribution in [0.3, 0.4) is 0 Å². The third-order valence-electron chi connectivity index (χ3n) is 3.47. The van der Waals surface area contributed by atoms with Gasteiger partial charge >= 0.3 is 0 Å². The fraction of sp³-hybridized carbons (Fsp3) is 0.294. The van der Waals surface area contributed by atoms with E-state index in [-0.39, 0.29) is 6.04 Å². The van der Waals surface area contributed by atoms with E-state index in [1.165, 1.54) is 11.1 Å². The zero-order valence-corrected chi connectivity index (χ0v) is 15.4. The van der Waals surface area contributed by atoms with Gasteiger partial charge in [-0.1, -0.05) is 77.2 Å². The van der Waals surface area contributed by atoms with E-state index in [9.17, 15) is 0 Å². The lowest BCUT2D eigenvalue weighted by Crippen LogP contribution is -2.07. The van der Waals surface area contributed by atoms with Crippen molar-refractivity contribution in [3.63, 3.8) is 0 Å². The van der Waals surface area contributed by atoms with Gasteiger partial charge < -0.3 is 5.32 Å². The van der Waals surface area contributed by atoms with E-state index in [1.54, 1.807) is 0 Å². The van der Waals surface area contributed by atoms with Crippen molar-refractivity contribution in [2.75, 3.05) is 5.32 Å². The predicted molar refractivity (Wildman–Crippen MR) is 96.7 cm³/mol. The van der Waals surface area contributed by atoms with Gasteiger partial charge in [-0.3, -0.25) is 0 Å². The Labute approximate surface area is 144 Å². The molecule has 4 heteroatoms. The number of nitrogens with one attached hydrogen (secondary N) is 1. The van der Waals surface area contributed by atoms with Crippen molar-refractivity contribution < 1.29 is 0 Å². The van der Waals surface area contributed by atoms with E-state index in [0.29, 0.717) is 16.0 Å². The van der Waals surface area contributed by atoms with Crippen LogP contribution in [0.2, 0.25) is 10.0 Å². The van der Waals surface area contributed by atoms with Crippen LogP contribution >= 0.6 is 39.1 Å². The summed E-state index contributed by atoms with van der Waals surface area (Å²) >= 11 is 15.9. The van der Waals surface area contributed by atoms with Crippen LogP contribution in [-0.4, -0.2) is 0 Å². The largest absolute Gasteiger partial charge is 0.376 e. The molecule has 0 aromatic heterocycles. The molecule has 1 N–H and O–H groups in total. The molecule has 112 valence electrons. The molecule has 0 saturated carbocycles. The summed E-state index contributed by atoms with van der Waals surface area (Å²) in [4.78, 5) is 0. The first-order chi connectivity index (χ1) is 9.88. The van der Waals surface area contributed by atoms with Gasteiger partial charge in [0.25, 0.3) is 0 Å². The van der Waals surface area contributed by atoms with Crippen LogP contribution in [0.1, 0.15) is 43.9 Å². The number of halogens is 3. The summed E-state index contributed by atoms with van der Waals surface area (Å²) in [6.07, 6.45) is 0. The molecule has 0 radical (unpaired) electrons. The van der Waals surface area contributed by atoms with Crippen molar-refractivity contribution in [1.82, 2.24) is 0 Å². The van der Waals surface area contributed by atoms with Gasteiger partial charge in [0.05, 0.1) is 15.7 Å². The molecule has 0 saturated heterocycles. The van der Waals surface area contributed by atoms with Crippen molar-refractivity contribution in [3.05, 3.63) is 62.0 Å². The van der Waals surface area contributed by atoms with Gasteiger partial charge in [-0.25, -0.2) is 0 Å². The molecule has 0 aliphatic heterocycles. The molecule has 1 nitrogen and oxygen atoms in total. The normalized spacial score (nSPS) is 12.5. The van der Waals surface area contributed by atoms with Crippen LogP contribution in [0.5, 0.6) is 0 Å². The average Bonchev–Trinajstić information content (AvgIpc) is 2.42. The minimum atomic E-state index is 0.127. The highest BCUT2D eigenvalue weighted by atomic mass is 79.9. The third-order valence-corrected chi connectivity index (χ3v) is 4.52. The monoisotopic (exact) mass is 385 g/mol. The van der Waals surface area contributed by atoms with Gasteiger partial charge in [0, 0.05) is 10.5 Å². The lowest BCUT2D eigenvalue weighted by molar-refractivity contribution is 0.852. The highest BCUT2D eigenvalue weighted by Crippen LogP contribution is 2.36. The molecule has 2 aromatic carbocycles. The molecular formula is C17H18BrCl2N. The summed E-state index contributed by atoms with van der Waals surface area (Å²) in [5.41, 5.74) is 3.31. The maximum absolute atomic E-state index is 6.26. The Morgan fingerprint density at radius 3 is 1.86 bits per heavy atom. The lowest BCUT2D eigenvalue weighted by Gasteiger charge is -2.19. The first-order valence-corrected chi connectivity index (χ1v) is 8.44. The second-order valence-corrected chi connectivity index (χ2v) is 7.16. The average molecular weight is 387 g/mol. The number of anilines is 1. The molecule has 0 amide bonds. The Bertz CT molecular complexity index is 600. The maximum Gasteiger partial charge on any atom is 0.0724 e. The van der Waals surface area contributed by atoms with E-state index < -0.39 is 0 Å². The van der Waals surface area contributed by atoms with E-state index in [2.05, 4.69) is 66.3 Å². The van der Waals surface area contributed by atoms with Gasteiger partial charge in [-0.05, 0) is 36.1 Å². The fourth-order valence-corrected chi connectivity index (χ4v) is 3.47. The summed E-state index contributed by atoms with van der Waals surface area (Å²) in [7, 11) is 0. The molecule has 1 atom stereocenters. The van der Waals surface area contributed by atoms with E-state index in [4.69, 9.17) is 23.2 Å². The summed E-state index contributed by atoms with van der Waals surface area (Å²) in [5.74, 6) is 0.540. The SMILES string of the molecule is CC(C)c1ccc(C(C)Nc2c(Cl)cc(Br)cc2Cl)cc1. The first kappa shape index (κ1) is 16.7. The molecule has 21 heavy (non-hydrogen) atoms. The summed E-state index contributed by atoms with van der Waals surface area (Å²) < 4.78 is 0.872. The molecular weight excluding hydrogens is 369 g/mol. The van der Waals surface area contributed by atoms with Crippen molar-refractivity contribution >= 4 is 44.8 Å². The second-order valence-electron chi connectivity index (χ2n) is 5.43. The molecule has 0 aliphatic rings. The molecule has 0 bridgehead atoms. The molecule has 1 unspecified atom stereocenters. The molecule has 2 rings (SSSR count). The number of rotatable bonds is 4. The minimum Gasteiger partial charge on any atom is -0.376 e. The van der Waals surface area contributed by atoms with Crippen molar-refractivity contribution in [1.29, 1.82) is 0 Å². The quantitative estimate of drug-likeness (QED) is 0.593. The highest BCUT2D eigenvalue weighted by Gasteiger charge is 2.12. The number of hydrogen-bond acceptors (Lipinski definition) is 1. The van der Waals surface area contributed by atoms with Crippen molar-refractivity contribution in [2.24, 2.45) is 0 Å². The molecule has 0 spiro atoms. The summed E-state index contributed by atoms with van der Waals surface area (Å²) in [6, 6.07) is 12.4. The van der Waals surface area contributed by atoms with Gasteiger partial charge in [0.1, 0.15) is 0 Å². The molecule has 0 heterocycles. The predicted octanol–water partition coefficient (Wildman–Crippen LogP) is 7.05. The van der Waals surface area contributed by atoms with E-state index in [0.717, 1.165) is 10.2 Å². The lowest BCUT2D eigenvalue weighted by atomic mass is 9.99. The van der Waals surface area contributed by atoms with Crippen LogP contribution in [-0.2, 0) is 0 Å². The van der Waals surface area contributed by atoms with Crippen LogP contribution in [0.25, 0.3) is 0 Å². The van der Waals surface area contributed by atoms with Gasteiger partial charge in [-0.15, -0.1) is 0 Å². The number of hydrogen-bond donors (Lipinski definition) is 1. The van der Waals surface area contributed by atoms with Crippen LogP contribution < -0.4 is 5.32 Å². The van der Waals surface area contributed by atoms with Crippen molar-refractivity contribution in [3.8, 4) is 0 Å². The third kappa shape index (κ3) is 4.15. The van der Waals surface area contributed by atoms with Gasteiger partial charge in [0.2, 0.25) is 0 Å². The van der Waals surface area contributed by atoms with Crippen LogP contribution in [0.15, 0.2) is 40.9 Å². The zero-order chi connectivity index (χ0) is 15.6. The minimum absolute atomic E-state index is 0.127. The Hall–Kier alpha value is -0.700. The van der Waals surface area contributed by atoms with Crippen LogP contribution in [0.4, 0.5) is 5.69 Å². The Morgan fingerprint density at radius 1 is 0.905 bits per heavy atom. The standard InChI is InChI=1S/C17H18BrCl2N/c1-10(2)12-4-6-13(7-5-12)11(3)21-17-15(19)8-14(18)9-16(17)20/h4-11,21H,1-3H3. The number of benzene rings is 2. The highest BCUT2D eigenvalue weighted by molar-refractivity contribution is 9.10. The van der Waals surface area contributed by atoms with Gasteiger partial charge in [0.15, 0.2) is 0 Å². The fourth-order valence-electron chi connectivity index (χ4n) is 2.15. The first-order valence-electron chi connectivity index (χ1n) is 6.89. The smallest absolute Gasteiger partial charge is 0.0724 e. The summed E-state index contributed by atoms with van der Waals surface area (Å²) in [5, 5.41) is 4.61. The van der Waals surface area contributed by atoms with Gasteiger partial charge in [-0.2, -0.15) is 0 Å². The van der Waals surface area contributed by atoms with E-state index >= 15 is 0 Å². The molecule has 2 aromatic rings. The Morgan fingerprint density at radius 2 is 1.38 bits per heavy atom. The maximum atomic E-state index is 6.26. The Balaban J connectivity index is 2.20. The van der Waals surface area contributed by atoms with E-state index in [1.807, 2.05) is 12.1 Å². The molecule has 0 fully saturated rings. The Kier molecular flexibility index (Phi) is 5.59. The van der Waals surface area contributed by atoms with Crippen molar-refractivity contribution in [2.45, 2.75) is 32.7 Å². The second kappa shape index (κ2) is 7.04.